The van der Waals surface area contributed by atoms with E-state index in [9.17, 15) is 14.4 Å². The van der Waals surface area contributed by atoms with Crippen LogP contribution in [0.1, 0.15) is 48.9 Å². The number of benzene rings is 1. The molecule has 0 aromatic heterocycles. The first-order valence-electron chi connectivity index (χ1n) is 8.90. The Bertz CT molecular complexity index is 647. The molecule has 2 amide bonds. The largest absolute Gasteiger partial charge is 0.353 e. The number of Topliss-reactive ketones (excluding diaryl/α,β-unsaturated/α-hetero) is 1. The van der Waals surface area contributed by atoms with Gasteiger partial charge in [0.15, 0.2) is 5.78 Å². The van der Waals surface area contributed by atoms with Gasteiger partial charge in [-0.25, -0.2) is 0 Å². The Kier molecular flexibility index (Phi) is 5.74. The monoisotopic (exact) mass is 362 g/mol. The first-order chi connectivity index (χ1) is 12.0. The van der Waals surface area contributed by atoms with Gasteiger partial charge in [0.05, 0.1) is 0 Å². The predicted molar refractivity (Wildman–Crippen MR) is 95.5 cm³/mol. The Morgan fingerprint density at radius 1 is 1.00 bits per heavy atom. The molecule has 1 saturated heterocycles. The molecule has 1 aromatic rings. The van der Waals surface area contributed by atoms with Crippen molar-refractivity contribution in [2.75, 3.05) is 13.1 Å². The van der Waals surface area contributed by atoms with Crippen molar-refractivity contribution in [3.05, 3.63) is 34.9 Å². The second-order valence-electron chi connectivity index (χ2n) is 6.87. The van der Waals surface area contributed by atoms with Crippen molar-refractivity contribution in [2.45, 2.75) is 44.6 Å². The lowest BCUT2D eigenvalue weighted by molar-refractivity contribution is -0.133. The summed E-state index contributed by atoms with van der Waals surface area (Å²) in [4.78, 5) is 38.1. The summed E-state index contributed by atoms with van der Waals surface area (Å²) < 4.78 is 0. The first kappa shape index (κ1) is 17.9. The lowest BCUT2D eigenvalue weighted by atomic mass is 10.0. The number of carbonyl (C=O) groups excluding carboxylic acids is 3. The first-order valence-corrected chi connectivity index (χ1v) is 9.27. The van der Waals surface area contributed by atoms with Gasteiger partial charge in [0, 0.05) is 48.5 Å². The van der Waals surface area contributed by atoms with Crippen molar-refractivity contribution in [3.8, 4) is 0 Å². The fourth-order valence-corrected chi connectivity index (χ4v) is 3.27. The van der Waals surface area contributed by atoms with Crippen LogP contribution >= 0.6 is 11.6 Å². The minimum atomic E-state index is -0.103. The average Bonchev–Trinajstić information content (AvgIpc) is 3.45. The van der Waals surface area contributed by atoms with Crippen LogP contribution in [0.2, 0.25) is 5.02 Å². The highest BCUT2D eigenvalue weighted by Crippen LogP contribution is 2.31. The lowest BCUT2D eigenvalue weighted by Crippen LogP contribution is -2.47. The third kappa shape index (κ3) is 5.05. The molecule has 6 heteroatoms. The number of hydrogen-bond acceptors (Lipinski definition) is 3. The third-order valence-electron chi connectivity index (χ3n) is 4.84. The molecule has 0 atom stereocenters. The topological polar surface area (TPSA) is 66.5 Å². The number of nitrogens with one attached hydrogen (secondary N) is 1. The summed E-state index contributed by atoms with van der Waals surface area (Å²) in [5.74, 6) is 0.370. The zero-order valence-electron chi connectivity index (χ0n) is 14.2. The fraction of sp³-hybridized carbons (Fsp3) is 0.526. The van der Waals surface area contributed by atoms with E-state index in [2.05, 4.69) is 5.32 Å². The van der Waals surface area contributed by atoms with Gasteiger partial charge in [0.25, 0.3) is 0 Å². The molecule has 25 heavy (non-hydrogen) atoms. The van der Waals surface area contributed by atoms with Crippen LogP contribution in [0.4, 0.5) is 0 Å². The number of ketones is 1. The van der Waals surface area contributed by atoms with Crippen LogP contribution < -0.4 is 5.32 Å². The van der Waals surface area contributed by atoms with E-state index in [1.54, 1.807) is 24.3 Å². The van der Waals surface area contributed by atoms with E-state index in [0.29, 0.717) is 23.7 Å². The Morgan fingerprint density at radius 2 is 1.64 bits per heavy atom. The standard InChI is InChI=1S/C19H23ClN2O3/c20-15-5-3-13(4-6-15)17(23)7-8-18(24)21-16-9-11-22(12-10-16)19(25)14-1-2-14/h3-6,14,16H,1-2,7-12H2,(H,21,24). The van der Waals surface area contributed by atoms with Gasteiger partial charge in [0.2, 0.25) is 11.8 Å². The van der Waals surface area contributed by atoms with Crippen molar-refractivity contribution in [1.82, 2.24) is 10.2 Å². The van der Waals surface area contributed by atoms with Gasteiger partial charge in [-0.2, -0.15) is 0 Å². The molecular weight excluding hydrogens is 340 g/mol. The van der Waals surface area contributed by atoms with E-state index in [0.717, 1.165) is 25.7 Å². The third-order valence-corrected chi connectivity index (χ3v) is 5.10. The maximum Gasteiger partial charge on any atom is 0.225 e. The van der Waals surface area contributed by atoms with Crippen LogP contribution in [0.25, 0.3) is 0 Å². The molecule has 0 bridgehead atoms. The van der Waals surface area contributed by atoms with Crippen LogP contribution in [0, 0.1) is 5.92 Å². The maximum absolute atomic E-state index is 12.1. The van der Waals surface area contributed by atoms with Crippen molar-refractivity contribution in [2.24, 2.45) is 5.92 Å². The smallest absolute Gasteiger partial charge is 0.225 e. The van der Waals surface area contributed by atoms with E-state index in [4.69, 9.17) is 11.6 Å². The minimum Gasteiger partial charge on any atom is -0.353 e. The van der Waals surface area contributed by atoms with Crippen LogP contribution in [0.3, 0.4) is 0 Å². The number of likely N-dealkylation sites (tertiary alicyclic amines) is 1. The predicted octanol–water partition coefficient (Wildman–Crippen LogP) is 2.82. The highest BCUT2D eigenvalue weighted by molar-refractivity contribution is 6.30. The quantitative estimate of drug-likeness (QED) is 0.791. The molecular formula is C19H23ClN2O3. The van der Waals surface area contributed by atoms with Gasteiger partial charge in [-0.3, -0.25) is 14.4 Å². The van der Waals surface area contributed by atoms with Crippen molar-refractivity contribution in [1.29, 1.82) is 0 Å². The number of halogens is 1. The molecule has 134 valence electrons. The summed E-state index contributed by atoms with van der Waals surface area (Å²) in [6, 6.07) is 6.79. The molecule has 1 N–H and O–H groups in total. The molecule has 5 nitrogen and oxygen atoms in total. The summed E-state index contributed by atoms with van der Waals surface area (Å²) >= 11 is 5.80. The molecule has 2 aliphatic rings. The van der Waals surface area contributed by atoms with Gasteiger partial charge in [-0.1, -0.05) is 11.6 Å². The summed E-state index contributed by atoms with van der Waals surface area (Å²) in [6.07, 6.45) is 3.99. The minimum absolute atomic E-state index is 0.0586. The summed E-state index contributed by atoms with van der Waals surface area (Å²) in [5, 5.41) is 3.57. The SMILES string of the molecule is O=C(CCC(=O)c1ccc(Cl)cc1)NC1CCN(C(=O)C2CC2)CC1. The number of nitrogens with zero attached hydrogens (tertiary/aromatic N) is 1. The second-order valence-corrected chi connectivity index (χ2v) is 7.31. The van der Waals surface area contributed by atoms with Gasteiger partial charge < -0.3 is 10.2 Å². The summed E-state index contributed by atoms with van der Waals surface area (Å²) in [5.41, 5.74) is 0.573. The molecule has 3 rings (SSSR count). The number of carbonyl (C=O) groups is 3. The van der Waals surface area contributed by atoms with Gasteiger partial charge in [0.1, 0.15) is 0 Å². The highest BCUT2D eigenvalue weighted by atomic mass is 35.5. The molecule has 1 saturated carbocycles. The van der Waals surface area contributed by atoms with Gasteiger partial charge >= 0.3 is 0 Å². The fourth-order valence-electron chi connectivity index (χ4n) is 3.14. The van der Waals surface area contributed by atoms with Crippen molar-refractivity contribution < 1.29 is 14.4 Å². The van der Waals surface area contributed by atoms with Crippen LogP contribution in [0.15, 0.2) is 24.3 Å². The van der Waals surface area contributed by atoms with Gasteiger partial charge in [-0.05, 0) is 49.9 Å². The van der Waals surface area contributed by atoms with E-state index in [1.807, 2.05) is 4.90 Å². The molecule has 1 heterocycles. The molecule has 0 unspecified atom stereocenters. The molecule has 2 fully saturated rings. The summed E-state index contributed by atoms with van der Waals surface area (Å²) in [6.45, 7) is 1.42. The Balaban J connectivity index is 1.37. The Labute approximate surface area is 152 Å². The van der Waals surface area contributed by atoms with E-state index >= 15 is 0 Å². The maximum atomic E-state index is 12.1. The summed E-state index contributed by atoms with van der Waals surface area (Å²) in [7, 11) is 0. The van der Waals surface area contributed by atoms with E-state index < -0.39 is 0 Å². The zero-order valence-corrected chi connectivity index (χ0v) is 14.9. The molecule has 0 spiro atoms. The molecule has 1 aliphatic heterocycles. The second kappa shape index (κ2) is 8.00. The number of rotatable bonds is 6. The highest BCUT2D eigenvalue weighted by Gasteiger charge is 2.35. The van der Waals surface area contributed by atoms with E-state index in [-0.39, 0.29) is 42.4 Å². The number of piperidine rings is 1. The molecule has 1 aromatic carbocycles. The van der Waals surface area contributed by atoms with Gasteiger partial charge in [-0.15, -0.1) is 0 Å². The lowest BCUT2D eigenvalue weighted by Gasteiger charge is -2.32. The molecule has 0 radical (unpaired) electrons. The zero-order chi connectivity index (χ0) is 17.8. The molecule has 1 aliphatic carbocycles. The Hall–Kier alpha value is -1.88. The Morgan fingerprint density at radius 3 is 2.24 bits per heavy atom. The van der Waals surface area contributed by atoms with E-state index in [1.165, 1.54) is 0 Å². The number of amides is 2. The van der Waals surface area contributed by atoms with Crippen LogP contribution in [-0.4, -0.2) is 41.6 Å². The van der Waals surface area contributed by atoms with Crippen molar-refractivity contribution in [3.63, 3.8) is 0 Å². The van der Waals surface area contributed by atoms with Crippen LogP contribution in [-0.2, 0) is 9.59 Å². The van der Waals surface area contributed by atoms with Crippen LogP contribution in [0.5, 0.6) is 0 Å². The number of hydrogen-bond donors (Lipinski definition) is 1. The average molecular weight is 363 g/mol. The normalized spacial score (nSPS) is 18.0. The van der Waals surface area contributed by atoms with Crippen molar-refractivity contribution >= 4 is 29.2 Å².